The average molecular weight is 430 g/mol. The summed E-state index contributed by atoms with van der Waals surface area (Å²) >= 11 is 7.84. The summed E-state index contributed by atoms with van der Waals surface area (Å²) in [5.74, 6) is 0.725. The van der Waals surface area contributed by atoms with Crippen molar-refractivity contribution in [2.75, 3.05) is 24.6 Å². The molecule has 0 saturated carbocycles. The van der Waals surface area contributed by atoms with Crippen LogP contribution < -0.4 is 4.90 Å². The van der Waals surface area contributed by atoms with E-state index in [0.29, 0.717) is 6.61 Å². The molecule has 0 amide bonds. The van der Waals surface area contributed by atoms with E-state index in [9.17, 15) is 4.79 Å². The molecule has 0 spiro atoms. The number of rotatable bonds is 4. The molecule has 0 aliphatic carbocycles. The van der Waals surface area contributed by atoms with Gasteiger partial charge in [0.25, 0.3) is 0 Å². The number of thiophene rings is 1. The van der Waals surface area contributed by atoms with Gasteiger partial charge in [0.1, 0.15) is 10.6 Å². The fourth-order valence-electron chi connectivity index (χ4n) is 4.03. The summed E-state index contributed by atoms with van der Waals surface area (Å²) in [6.07, 6.45) is 1.51. The van der Waals surface area contributed by atoms with Crippen LogP contribution in [0.5, 0.6) is 0 Å². The third-order valence-corrected chi connectivity index (χ3v) is 6.51. The molecule has 0 bridgehead atoms. The molecule has 1 aromatic carbocycles. The Morgan fingerprint density at radius 1 is 1.24 bits per heavy atom. The lowest BCUT2D eigenvalue weighted by molar-refractivity contribution is -0.148. The van der Waals surface area contributed by atoms with Gasteiger partial charge >= 0.3 is 5.97 Å². The number of aromatic nitrogens is 2. The van der Waals surface area contributed by atoms with Gasteiger partial charge in [-0.15, -0.1) is 11.3 Å². The zero-order valence-corrected chi connectivity index (χ0v) is 18.4. The van der Waals surface area contributed by atoms with Crippen molar-refractivity contribution in [2.45, 2.75) is 33.6 Å². The number of piperidine rings is 1. The number of anilines is 1. The maximum absolute atomic E-state index is 12.1. The molecule has 29 heavy (non-hydrogen) atoms. The number of aryl methyl sites for hydroxylation is 2. The fourth-order valence-corrected chi connectivity index (χ4v) is 5.18. The van der Waals surface area contributed by atoms with Gasteiger partial charge < -0.3 is 9.64 Å². The van der Waals surface area contributed by atoms with Crippen molar-refractivity contribution in [3.05, 3.63) is 40.0 Å². The first kappa shape index (κ1) is 20.1. The smallest absolute Gasteiger partial charge is 0.309 e. The number of fused-ring (bicyclic) bond motifs is 1. The maximum Gasteiger partial charge on any atom is 0.309 e. The number of carbonyl (C=O) groups is 1. The summed E-state index contributed by atoms with van der Waals surface area (Å²) in [4.78, 5) is 24.3. The van der Waals surface area contributed by atoms with Crippen LogP contribution in [0.3, 0.4) is 0 Å². The third-order valence-electron chi connectivity index (χ3n) is 5.47. The molecule has 0 unspecified atom stereocenters. The number of nitrogens with zero attached hydrogens (tertiary/aromatic N) is 3. The molecule has 1 saturated heterocycles. The molecule has 152 valence electrons. The van der Waals surface area contributed by atoms with Gasteiger partial charge in [-0.05, 0) is 56.3 Å². The van der Waals surface area contributed by atoms with Gasteiger partial charge in [0.2, 0.25) is 5.28 Å². The first-order valence-corrected chi connectivity index (χ1v) is 11.2. The Bertz CT molecular complexity index is 1060. The summed E-state index contributed by atoms with van der Waals surface area (Å²) in [7, 11) is 0. The van der Waals surface area contributed by atoms with Gasteiger partial charge in [-0.3, -0.25) is 4.79 Å². The standard InChI is InChI=1S/C22H24ClN3O2S/c1-4-28-21(27)15-7-9-26(10-8-15)19-18-17(12-29-20(18)25-22(23)24-19)16-6-5-13(2)11-14(16)3/h5-6,11-12,15H,4,7-10H2,1-3H3. The van der Waals surface area contributed by atoms with Gasteiger partial charge in [-0.1, -0.05) is 23.8 Å². The molecule has 3 aromatic rings. The lowest BCUT2D eigenvalue weighted by atomic mass is 9.96. The van der Waals surface area contributed by atoms with E-state index < -0.39 is 0 Å². The van der Waals surface area contributed by atoms with Crippen LogP contribution in [0.1, 0.15) is 30.9 Å². The van der Waals surface area contributed by atoms with Crippen molar-refractivity contribution in [3.63, 3.8) is 0 Å². The lowest BCUT2D eigenvalue weighted by Gasteiger charge is -2.32. The molecule has 4 rings (SSSR count). The topological polar surface area (TPSA) is 55.3 Å². The Morgan fingerprint density at radius 2 is 2.00 bits per heavy atom. The lowest BCUT2D eigenvalue weighted by Crippen LogP contribution is -2.37. The molecular weight excluding hydrogens is 406 g/mol. The fraction of sp³-hybridized carbons (Fsp3) is 0.409. The van der Waals surface area contributed by atoms with E-state index in [-0.39, 0.29) is 17.2 Å². The van der Waals surface area contributed by atoms with Gasteiger partial charge in [0.15, 0.2) is 0 Å². The Labute approximate surface area is 179 Å². The van der Waals surface area contributed by atoms with Gasteiger partial charge in [-0.2, -0.15) is 4.98 Å². The zero-order valence-electron chi connectivity index (χ0n) is 16.9. The van der Waals surface area contributed by atoms with Crippen LogP contribution in [0.15, 0.2) is 23.6 Å². The third kappa shape index (κ3) is 3.96. The number of halogens is 1. The second kappa shape index (κ2) is 8.28. The highest BCUT2D eigenvalue weighted by Crippen LogP contribution is 2.41. The monoisotopic (exact) mass is 429 g/mol. The van der Waals surface area contributed by atoms with E-state index >= 15 is 0 Å². The second-order valence-corrected chi connectivity index (χ2v) is 8.67. The molecule has 3 heterocycles. The number of hydrogen-bond donors (Lipinski definition) is 0. The predicted octanol–water partition coefficient (Wildman–Crippen LogP) is 5.41. The Hall–Kier alpha value is -2.18. The summed E-state index contributed by atoms with van der Waals surface area (Å²) in [5.41, 5.74) is 4.80. The number of carbonyl (C=O) groups excluding carboxylic acids is 1. The Morgan fingerprint density at radius 3 is 2.69 bits per heavy atom. The molecule has 7 heteroatoms. The average Bonchev–Trinajstić information content (AvgIpc) is 3.11. The Balaban J connectivity index is 1.72. The zero-order chi connectivity index (χ0) is 20.5. The van der Waals surface area contributed by atoms with Crippen LogP contribution >= 0.6 is 22.9 Å². The Kier molecular flexibility index (Phi) is 5.74. The first-order valence-electron chi connectivity index (χ1n) is 9.92. The van der Waals surface area contributed by atoms with Crippen molar-refractivity contribution < 1.29 is 9.53 Å². The van der Waals surface area contributed by atoms with Crippen molar-refractivity contribution in [1.29, 1.82) is 0 Å². The quantitative estimate of drug-likeness (QED) is 0.410. The summed E-state index contributed by atoms with van der Waals surface area (Å²) < 4.78 is 5.20. The number of ether oxygens (including phenoxy) is 1. The van der Waals surface area contributed by atoms with Crippen LogP contribution in [0.25, 0.3) is 21.3 Å². The highest BCUT2D eigenvalue weighted by molar-refractivity contribution is 7.17. The highest BCUT2D eigenvalue weighted by Gasteiger charge is 2.28. The molecule has 0 atom stereocenters. The van der Waals surface area contributed by atoms with E-state index in [0.717, 1.165) is 47.5 Å². The van der Waals surface area contributed by atoms with E-state index in [1.54, 1.807) is 11.3 Å². The van der Waals surface area contributed by atoms with Crippen molar-refractivity contribution in [2.24, 2.45) is 5.92 Å². The van der Waals surface area contributed by atoms with Crippen LogP contribution in [0.4, 0.5) is 5.82 Å². The van der Waals surface area contributed by atoms with E-state index in [1.165, 1.54) is 16.7 Å². The van der Waals surface area contributed by atoms with Crippen LogP contribution in [-0.2, 0) is 9.53 Å². The van der Waals surface area contributed by atoms with E-state index in [4.69, 9.17) is 16.3 Å². The normalized spacial score (nSPS) is 15.1. The van der Waals surface area contributed by atoms with E-state index in [1.807, 2.05) is 6.92 Å². The molecule has 0 radical (unpaired) electrons. The molecule has 1 aliphatic rings. The summed E-state index contributed by atoms with van der Waals surface area (Å²) in [6, 6.07) is 6.49. The number of hydrogen-bond acceptors (Lipinski definition) is 6. The minimum Gasteiger partial charge on any atom is -0.466 e. The van der Waals surface area contributed by atoms with Crippen molar-refractivity contribution >= 4 is 44.9 Å². The van der Waals surface area contributed by atoms with Crippen molar-refractivity contribution in [1.82, 2.24) is 9.97 Å². The minimum atomic E-state index is -0.0930. The molecule has 0 N–H and O–H groups in total. The molecule has 2 aromatic heterocycles. The van der Waals surface area contributed by atoms with Crippen LogP contribution in [0.2, 0.25) is 5.28 Å². The van der Waals surface area contributed by atoms with Crippen LogP contribution in [-0.4, -0.2) is 35.6 Å². The minimum absolute atomic E-state index is 0.0414. The van der Waals surface area contributed by atoms with E-state index in [2.05, 4.69) is 52.3 Å². The largest absolute Gasteiger partial charge is 0.466 e. The number of esters is 1. The van der Waals surface area contributed by atoms with Crippen LogP contribution in [0, 0.1) is 19.8 Å². The summed E-state index contributed by atoms with van der Waals surface area (Å²) in [5, 5.41) is 3.44. The molecule has 1 fully saturated rings. The SMILES string of the molecule is CCOC(=O)C1CCN(c2nc(Cl)nc3scc(-c4ccc(C)cc4C)c23)CC1. The maximum atomic E-state index is 12.1. The highest BCUT2D eigenvalue weighted by atomic mass is 35.5. The van der Waals surface area contributed by atoms with Gasteiger partial charge in [-0.25, -0.2) is 4.98 Å². The van der Waals surface area contributed by atoms with Crippen molar-refractivity contribution in [3.8, 4) is 11.1 Å². The predicted molar refractivity (Wildman–Crippen MR) is 119 cm³/mol. The second-order valence-electron chi connectivity index (χ2n) is 7.48. The molecule has 5 nitrogen and oxygen atoms in total. The first-order chi connectivity index (χ1) is 14.0. The molecule has 1 aliphatic heterocycles. The number of benzene rings is 1. The van der Waals surface area contributed by atoms with Gasteiger partial charge in [0.05, 0.1) is 17.9 Å². The molecular formula is C22H24ClN3O2S. The van der Waals surface area contributed by atoms with Gasteiger partial charge in [0, 0.05) is 24.0 Å². The summed E-state index contributed by atoms with van der Waals surface area (Å²) in [6.45, 7) is 7.99.